The number of aliphatic hydroxyl groups excluding tert-OH is 2. The first-order chi connectivity index (χ1) is 8.24. The van der Waals surface area contributed by atoms with Crippen LogP contribution >= 0.6 is 0 Å². The first-order valence-electron chi connectivity index (χ1n) is 5.84. The van der Waals surface area contributed by atoms with E-state index in [0.717, 1.165) is 5.56 Å². The topological polar surface area (TPSA) is 49.7 Å². The molecule has 2 N–H and O–H groups in total. The van der Waals surface area contributed by atoms with Crippen LogP contribution in [0.1, 0.15) is 12.0 Å². The van der Waals surface area contributed by atoms with Gasteiger partial charge in [-0.05, 0) is 12.0 Å². The zero-order chi connectivity index (χ0) is 12.1. The van der Waals surface area contributed by atoms with Gasteiger partial charge in [0.05, 0.1) is 25.9 Å². The van der Waals surface area contributed by atoms with Gasteiger partial charge in [0.2, 0.25) is 0 Å². The van der Waals surface area contributed by atoms with Crippen molar-refractivity contribution in [3.8, 4) is 0 Å². The van der Waals surface area contributed by atoms with Gasteiger partial charge in [-0.15, -0.1) is 0 Å². The molecule has 3 nitrogen and oxygen atoms in total. The summed E-state index contributed by atoms with van der Waals surface area (Å²) in [6.07, 6.45) is 3.67. The van der Waals surface area contributed by atoms with Gasteiger partial charge < -0.3 is 14.9 Å². The van der Waals surface area contributed by atoms with Crippen LogP contribution in [-0.4, -0.2) is 29.5 Å². The summed E-state index contributed by atoms with van der Waals surface area (Å²) in [6.45, 7) is 0.980. The summed E-state index contributed by atoms with van der Waals surface area (Å²) in [7, 11) is 0. The largest absolute Gasteiger partial charge is 0.395 e. The molecule has 0 amide bonds. The second-order valence-corrected chi connectivity index (χ2v) is 4.63. The standard InChI is InChI=1S/C14H18O3/c15-10-14(7-6-13(16)8-14)11-17-9-12-4-2-1-3-5-12/h1-7,13,15-16H,8-11H2/t13-,14-/m1/s1. The van der Waals surface area contributed by atoms with E-state index in [0.29, 0.717) is 19.6 Å². The van der Waals surface area contributed by atoms with Gasteiger partial charge >= 0.3 is 0 Å². The number of hydrogen-bond donors (Lipinski definition) is 2. The molecule has 0 aliphatic heterocycles. The highest BCUT2D eigenvalue weighted by Crippen LogP contribution is 2.32. The maximum atomic E-state index is 9.46. The molecule has 0 radical (unpaired) electrons. The van der Waals surface area contributed by atoms with E-state index in [-0.39, 0.29) is 6.61 Å². The summed E-state index contributed by atoms with van der Waals surface area (Å²) in [6, 6.07) is 9.92. The first-order valence-corrected chi connectivity index (χ1v) is 5.84. The van der Waals surface area contributed by atoms with Crippen molar-refractivity contribution in [3.05, 3.63) is 48.0 Å². The minimum absolute atomic E-state index is 0.00928. The van der Waals surface area contributed by atoms with Crippen LogP contribution in [0.2, 0.25) is 0 Å². The van der Waals surface area contributed by atoms with Crippen LogP contribution in [0.4, 0.5) is 0 Å². The van der Waals surface area contributed by atoms with Crippen molar-refractivity contribution in [2.75, 3.05) is 13.2 Å². The van der Waals surface area contributed by atoms with Crippen molar-refractivity contribution < 1.29 is 14.9 Å². The van der Waals surface area contributed by atoms with Crippen molar-refractivity contribution in [1.82, 2.24) is 0 Å². The molecule has 0 unspecified atom stereocenters. The fraction of sp³-hybridized carbons (Fsp3) is 0.429. The summed E-state index contributed by atoms with van der Waals surface area (Å²) in [5, 5.41) is 18.8. The quantitative estimate of drug-likeness (QED) is 0.759. The smallest absolute Gasteiger partial charge is 0.0731 e. The van der Waals surface area contributed by atoms with Crippen LogP contribution in [0.5, 0.6) is 0 Å². The summed E-state index contributed by atoms with van der Waals surface area (Å²) in [5.41, 5.74) is 0.705. The Morgan fingerprint density at radius 2 is 2.06 bits per heavy atom. The third-order valence-corrected chi connectivity index (χ3v) is 3.10. The Balaban J connectivity index is 1.84. The second kappa shape index (κ2) is 5.45. The molecule has 2 atom stereocenters. The normalized spacial score (nSPS) is 27.5. The molecule has 1 aliphatic carbocycles. The molecule has 0 heterocycles. The molecule has 1 aliphatic rings. The lowest BCUT2D eigenvalue weighted by atomic mass is 9.89. The van der Waals surface area contributed by atoms with Crippen molar-refractivity contribution >= 4 is 0 Å². The predicted octanol–water partition coefficient (Wildman–Crippen LogP) is 1.50. The molecule has 0 aromatic heterocycles. The van der Waals surface area contributed by atoms with Crippen molar-refractivity contribution in [2.24, 2.45) is 5.41 Å². The fourth-order valence-electron chi connectivity index (χ4n) is 2.08. The molecule has 0 spiro atoms. The molecule has 92 valence electrons. The summed E-state index contributed by atoms with van der Waals surface area (Å²) in [4.78, 5) is 0. The highest BCUT2D eigenvalue weighted by molar-refractivity contribution is 5.14. The molecule has 2 rings (SSSR count). The minimum Gasteiger partial charge on any atom is -0.395 e. The van der Waals surface area contributed by atoms with E-state index in [1.165, 1.54) is 0 Å². The van der Waals surface area contributed by atoms with Crippen LogP contribution in [0.25, 0.3) is 0 Å². The highest BCUT2D eigenvalue weighted by Gasteiger charge is 2.33. The number of aliphatic hydroxyl groups is 2. The van der Waals surface area contributed by atoms with E-state index in [2.05, 4.69) is 0 Å². The predicted molar refractivity (Wildman–Crippen MR) is 65.4 cm³/mol. The van der Waals surface area contributed by atoms with Crippen LogP contribution in [0.3, 0.4) is 0 Å². The van der Waals surface area contributed by atoms with Crippen molar-refractivity contribution in [3.63, 3.8) is 0 Å². The molecule has 0 saturated carbocycles. The lowest BCUT2D eigenvalue weighted by molar-refractivity contribution is 0.0127. The third kappa shape index (κ3) is 3.16. The van der Waals surface area contributed by atoms with Gasteiger partial charge in [0.25, 0.3) is 0 Å². The van der Waals surface area contributed by atoms with Gasteiger partial charge in [0.15, 0.2) is 0 Å². The van der Waals surface area contributed by atoms with E-state index < -0.39 is 11.5 Å². The Morgan fingerprint density at radius 3 is 2.65 bits per heavy atom. The lowest BCUT2D eigenvalue weighted by Gasteiger charge is -2.25. The SMILES string of the molecule is OC[C@@]1(COCc2ccccc2)C=C[C@@H](O)C1. The second-order valence-electron chi connectivity index (χ2n) is 4.63. The first kappa shape index (κ1) is 12.3. The van der Waals surface area contributed by atoms with Gasteiger partial charge in [-0.1, -0.05) is 42.5 Å². The van der Waals surface area contributed by atoms with E-state index in [9.17, 15) is 10.2 Å². The molecule has 0 bridgehead atoms. The Bertz CT molecular complexity index is 374. The maximum absolute atomic E-state index is 9.46. The number of ether oxygens (including phenoxy) is 1. The van der Waals surface area contributed by atoms with Crippen LogP contribution < -0.4 is 0 Å². The Hall–Kier alpha value is -1.16. The highest BCUT2D eigenvalue weighted by atomic mass is 16.5. The average molecular weight is 234 g/mol. The molecular formula is C14H18O3. The molecule has 17 heavy (non-hydrogen) atoms. The van der Waals surface area contributed by atoms with E-state index in [4.69, 9.17) is 4.74 Å². The van der Waals surface area contributed by atoms with Crippen molar-refractivity contribution in [2.45, 2.75) is 19.1 Å². The molecule has 3 heteroatoms. The summed E-state index contributed by atoms with van der Waals surface area (Å²) in [5.74, 6) is 0. The zero-order valence-corrected chi connectivity index (χ0v) is 9.75. The van der Waals surface area contributed by atoms with Crippen LogP contribution in [-0.2, 0) is 11.3 Å². The zero-order valence-electron chi connectivity index (χ0n) is 9.75. The monoisotopic (exact) mass is 234 g/mol. The third-order valence-electron chi connectivity index (χ3n) is 3.10. The summed E-state index contributed by atoms with van der Waals surface area (Å²) >= 11 is 0. The number of rotatable bonds is 5. The van der Waals surface area contributed by atoms with Gasteiger partial charge in [-0.2, -0.15) is 0 Å². The fourth-order valence-corrected chi connectivity index (χ4v) is 2.08. The van der Waals surface area contributed by atoms with Gasteiger partial charge in [-0.3, -0.25) is 0 Å². The number of benzene rings is 1. The molecule has 0 fully saturated rings. The molecule has 0 saturated heterocycles. The molecule has 1 aromatic rings. The number of hydrogen-bond acceptors (Lipinski definition) is 3. The van der Waals surface area contributed by atoms with Crippen LogP contribution in [0, 0.1) is 5.41 Å². The molecular weight excluding hydrogens is 216 g/mol. The van der Waals surface area contributed by atoms with Gasteiger partial charge in [0.1, 0.15) is 0 Å². The Kier molecular flexibility index (Phi) is 3.94. The van der Waals surface area contributed by atoms with Gasteiger partial charge in [0, 0.05) is 5.41 Å². The average Bonchev–Trinajstić information content (AvgIpc) is 2.73. The maximum Gasteiger partial charge on any atom is 0.0731 e. The Labute approximate surface area is 101 Å². The molecule has 1 aromatic carbocycles. The van der Waals surface area contributed by atoms with E-state index in [1.54, 1.807) is 6.08 Å². The van der Waals surface area contributed by atoms with E-state index in [1.807, 2.05) is 36.4 Å². The van der Waals surface area contributed by atoms with Crippen LogP contribution in [0.15, 0.2) is 42.5 Å². The lowest BCUT2D eigenvalue weighted by Crippen LogP contribution is -2.28. The van der Waals surface area contributed by atoms with Gasteiger partial charge in [-0.25, -0.2) is 0 Å². The minimum atomic E-state index is -0.456. The Morgan fingerprint density at radius 1 is 1.29 bits per heavy atom. The van der Waals surface area contributed by atoms with Crippen molar-refractivity contribution in [1.29, 1.82) is 0 Å². The summed E-state index contributed by atoms with van der Waals surface area (Å²) < 4.78 is 5.62. The van der Waals surface area contributed by atoms with E-state index >= 15 is 0 Å².